The van der Waals surface area contributed by atoms with Crippen LogP contribution in [0.15, 0.2) is 29.2 Å². The third-order valence-corrected chi connectivity index (χ3v) is 5.48. The average molecular weight is 443 g/mol. The molecule has 1 aromatic carbocycles. The molecule has 0 saturated heterocycles. The summed E-state index contributed by atoms with van der Waals surface area (Å²) in [5, 5.41) is 2.48. The normalized spacial score (nSPS) is 12.9. The molecule has 9 nitrogen and oxygen atoms in total. The molecule has 0 fully saturated rings. The molecule has 1 rings (SSSR count). The van der Waals surface area contributed by atoms with E-state index in [1.165, 1.54) is 31.4 Å². The maximum Gasteiger partial charge on any atom is 0.338 e. The Morgan fingerprint density at radius 3 is 2.10 bits per heavy atom. The number of hydrogen-bond acceptors (Lipinski definition) is 7. The SMILES string of the molecule is COC(=O)C(CC(C)C)NC(=O)COC(=O)c1ccc(S(=O)(=O)NC(C)(C)C)cc1. The van der Waals surface area contributed by atoms with Gasteiger partial charge in [0.05, 0.1) is 17.6 Å². The minimum Gasteiger partial charge on any atom is -0.467 e. The molecule has 0 saturated carbocycles. The van der Waals surface area contributed by atoms with Gasteiger partial charge in [-0.25, -0.2) is 22.7 Å². The Kier molecular flexibility index (Phi) is 8.98. The van der Waals surface area contributed by atoms with Crippen LogP contribution >= 0.6 is 0 Å². The predicted octanol–water partition coefficient (Wildman–Crippen LogP) is 1.62. The molecule has 1 atom stereocenters. The molecule has 0 aliphatic rings. The van der Waals surface area contributed by atoms with Crippen LogP contribution in [0.1, 0.15) is 51.4 Å². The van der Waals surface area contributed by atoms with Gasteiger partial charge in [-0.2, -0.15) is 0 Å². The average Bonchev–Trinajstić information content (AvgIpc) is 2.62. The van der Waals surface area contributed by atoms with Crippen LogP contribution in [0.25, 0.3) is 0 Å². The molecule has 0 aliphatic heterocycles. The van der Waals surface area contributed by atoms with Crippen LogP contribution < -0.4 is 10.0 Å². The summed E-state index contributed by atoms with van der Waals surface area (Å²) in [5.41, 5.74) is -0.564. The molecular formula is C20H30N2O7S. The Balaban J connectivity index is 2.71. The number of amides is 1. The summed E-state index contributed by atoms with van der Waals surface area (Å²) in [6.45, 7) is 8.34. The number of sulfonamides is 1. The second kappa shape index (κ2) is 10.5. The summed E-state index contributed by atoms with van der Waals surface area (Å²) in [4.78, 5) is 35.9. The molecule has 10 heteroatoms. The standard InChI is InChI=1S/C20H30N2O7S/c1-13(2)11-16(19(25)28-6)21-17(23)12-29-18(24)14-7-9-15(10-8-14)30(26,27)22-20(3,4)5/h7-10,13,16,22H,11-12H2,1-6H3,(H,21,23). The Bertz CT molecular complexity index is 856. The fraction of sp³-hybridized carbons (Fsp3) is 0.550. The number of hydrogen-bond donors (Lipinski definition) is 2. The van der Waals surface area contributed by atoms with Crippen molar-refractivity contribution in [2.45, 2.75) is 57.5 Å². The van der Waals surface area contributed by atoms with Crippen LogP contribution in [0.2, 0.25) is 0 Å². The summed E-state index contributed by atoms with van der Waals surface area (Å²) in [6.07, 6.45) is 0.380. The summed E-state index contributed by atoms with van der Waals surface area (Å²) in [6, 6.07) is 4.32. The Morgan fingerprint density at radius 1 is 1.07 bits per heavy atom. The van der Waals surface area contributed by atoms with Crippen LogP contribution in [-0.4, -0.2) is 51.6 Å². The number of methoxy groups -OCH3 is 1. The van der Waals surface area contributed by atoms with Gasteiger partial charge in [0.15, 0.2) is 6.61 Å². The molecule has 0 radical (unpaired) electrons. The van der Waals surface area contributed by atoms with Gasteiger partial charge in [-0.1, -0.05) is 13.8 Å². The van der Waals surface area contributed by atoms with Crippen molar-refractivity contribution in [1.29, 1.82) is 0 Å². The van der Waals surface area contributed by atoms with Crippen molar-refractivity contribution in [1.82, 2.24) is 10.0 Å². The van der Waals surface area contributed by atoms with Gasteiger partial charge in [-0.3, -0.25) is 4.79 Å². The monoisotopic (exact) mass is 442 g/mol. The molecule has 0 aliphatic carbocycles. The van der Waals surface area contributed by atoms with Gasteiger partial charge in [-0.15, -0.1) is 0 Å². The zero-order chi connectivity index (χ0) is 23.1. The molecular weight excluding hydrogens is 412 g/mol. The fourth-order valence-corrected chi connectivity index (χ4v) is 3.93. The van der Waals surface area contributed by atoms with E-state index >= 15 is 0 Å². The van der Waals surface area contributed by atoms with Gasteiger partial charge in [-0.05, 0) is 57.4 Å². The Labute approximate surface area is 177 Å². The van der Waals surface area contributed by atoms with E-state index in [-0.39, 0.29) is 16.4 Å². The smallest absolute Gasteiger partial charge is 0.338 e. The van der Waals surface area contributed by atoms with Crippen molar-refractivity contribution in [3.05, 3.63) is 29.8 Å². The van der Waals surface area contributed by atoms with E-state index < -0.39 is 46.1 Å². The zero-order valence-electron chi connectivity index (χ0n) is 18.1. The Morgan fingerprint density at radius 2 is 1.63 bits per heavy atom. The number of esters is 2. The third-order valence-electron chi connectivity index (χ3n) is 3.70. The maximum atomic E-state index is 12.3. The topological polar surface area (TPSA) is 128 Å². The number of carbonyl (C=O) groups is 3. The lowest BCUT2D eigenvalue weighted by Gasteiger charge is -2.20. The van der Waals surface area contributed by atoms with Crippen molar-refractivity contribution in [2.24, 2.45) is 5.92 Å². The molecule has 1 unspecified atom stereocenters. The molecule has 0 bridgehead atoms. The number of ether oxygens (including phenoxy) is 2. The highest BCUT2D eigenvalue weighted by Gasteiger charge is 2.24. The van der Waals surface area contributed by atoms with E-state index in [0.717, 1.165) is 0 Å². The van der Waals surface area contributed by atoms with E-state index in [2.05, 4.69) is 14.8 Å². The quantitative estimate of drug-likeness (QED) is 0.556. The second-order valence-corrected chi connectivity index (χ2v) is 9.91. The highest BCUT2D eigenvalue weighted by Crippen LogP contribution is 2.14. The summed E-state index contributed by atoms with van der Waals surface area (Å²) in [5.74, 6) is -1.88. The van der Waals surface area contributed by atoms with Crippen LogP contribution in [0.3, 0.4) is 0 Å². The first-order valence-electron chi connectivity index (χ1n) is 9.43. The van der Waals surface area contributed by atoms with Gasteiger partial charge in [0.1, 0.15) is 6.04 Å². The number of benzene rings is 1. The molecule has 168 valence electrons. The van der Waals surface area contributed by atoms with E-state index in [0.29, 0.717) is 6.42 Å². The maximum absolute atomic E-state index is 12.3. The summed E-state index contributed by atoms with van der Waals surface area (Å²) < 4.78 is 36.7. The first-order valence-corrected chi connectivity index (χ1v) is 10.9. The van der Waals surface area contributed by atoms with Crippen molar-refractivity contribution >= 4 is 27.9 Å². The fourth-order valence-electron chi connectivity index (χ4n) is 2.51. The highest BCUT2D eigenvalue weighted by molar-refractivity contribution is 7.89. The van der Waals surface area contributed by atoms with Crippen molar-refractivity contribution in [3.8, 4) is 0 Å². The molecule has 0 spiro atoms. The van der Waals surface area contributed by atoms with Crippen molar-refractivity contribution in [2.75, 3.05) is 13.7 Å². The lowest BCUT2D eigenvalue weighted by molar-refractivity contribution is -0.145. The van der Waals surface area contributed by atoms with E-state index in [1.807, 2.05) is 13.8 Å². The van der Waals surface area contributed by atoms with Gasteiger partial charge in [0.25, 0.3) is 5.91 Å². The predicted molar refractivity (Wildman–Crippen MR) is 110 cm³/mol. The van der Waals surface area contributed by atoms with Crippen LogP contribution in [0.4, 0.5) is 0 Å². The van der Waals surface area contributed by atoms with Gasteiger partial charge in [0, 0.05) is 5.54 Å². The summed E-state index contributed by atoms with van der Waals surface area (Å²) in [7, 11) is -2.51. The van der Waals surface area contributed by atoms with Crippen LogP contribution in [0, 0.1) is 5.92 Å². The van der Waals surface area contributed by atoms with E-state index in [4.69, 9.17) is 4.74 Å². The molecule has 2 N–H and O–H groups in total. The van der Waals surface area contributed by atoms with Gasteiger partial charge in [0.2, 0.25) is 10.0 Å². The van der Waals surface area contributed by atoms with Crippen LogP contribution in [0.5, 0.6) is 0 Å². The van der Waals surface area contributed by atoms with Crippen molar-refractivity contribution < 1.29 is 32.3 Å². The third kappa shape index (κ3) is 8.50. The largest absolute Gasteiger partial charge is 0.467 e. The number of nitrogens with one attached hydrogen (secondary N) is 2. The first-order chi connectivity index (χ1) is 13.7. The minimum absolute atomic E-state index is 0.00123. The lowest BCUT2D eigenvalue weighted by atomic mass is 10.0. The number of rotatable bonds is 9. The first kappa shape index (κ1) is 25.6. The summed E-state index contributed by atoms with van der Waals surface area (Å²) >= 11 is 0. The highest BCUT2D eigenvalue weighted by atomic mass is 32.2. The Hall–Kier alpha value is -2.46. The second-order valence-electron chi connectivity index (χ2n) is 8.23. The van der Waals surface area contributed by atoms with Gasteiger partial charge >= 0.3 is 11.9 Å². The molecule has 30 heavy (non-hydrogen) atoms. The lowest BCUT2D eigenvalue weighted by Crippen LogP contribution is -2.44. The molecule has 1 aromatic rings. The molecule has 0 aromatic heterocycles. The molecule has 0 heterocycles. The van der Waals surface area contributed by atoms with E-state index in [1.54, 1.807) is 20.8 Å². The zero-order valence-corrected chi connectivity index (χ0v) is 19.0. The molecule has 1 amide bonds. The minimum atomic E-state index is -3.73. The van der Waals surface area contributed by atoms with Crippen molar-refractivity contribution in [3.63, 3.8) is 0 Å². The van der Waals surface area contributed by atoms with E-state index in [9.17, 15) is 22.8 Å². The van der Waals surface area contributed by atoms with Gasteiger partial charge < -0.3 is 14.8 Å². The van der Waals surface area contributed by atoms with Crippen LogP contribution in [-0.2, 0) is 29.1 Å². The number of carbonyl (C=O) groups excluding carboxylic acids is 3.